The number of anilines is 2. The molecule has 1 N–H and O–H groups in total. The van der Waals surface area contributed by atoms with Crippen LogP contribution in [-0.4, -0.2) is 38.7 Å². The smallest absolute Gasteiger partial charge is 0.251 e. The number of carbonyl (C=O) groups excluding carboxylic acids is 1. The normalized spacial score (nSPS) is 16.0. The summed E-state index contributed by atoms with van der Waals surface area (Å²) in [6, 6.07) is 10.0. The molecule has 1 aliphatic rings. The van der Waals surface area contributed by atoms with Crippen molar-refractivity contribution < 1.29 is 4.79 Å². The van der Waals surface area contributed by atoms with E-state index in [1.165, 1.54) is 12.1 Å². The summed E-state index contributed by atoms with van der Waals surface area (Å²) in [7, 11) is 0. The number of hydrogen-bond acceptors (Lipinski definition) is 5. The number of benzene rings is 1. The van der Waals surface area contributed by atoms with Gasteiger partial charge in [-0.25, -0.2) is 14.6 Å². The molecule has 0 radical (unpaired) electrons. The van der Waals surface area contributed by atoms with E-state index in [4.69, 9.17) is 0 Å². The monoisotopic (exact) mass is 418 g/mol. The van der Waals surface area contributed by atoms with Gasteiger partial charge in [-0.05, 0) is 70.4 Å². The van der Waals surface area contributed by atoms with Crippen molar-refractivity contribution in [1.29, 1.82) is 0 Å². The highest BCUT2D eigenvalue weighted by molar-refractivity contribution is 5.92. The van der Waals surface area contributed by atoms with Gasteiger partial charge in [0.15, 0.2) is 0 Å². The average molecular weight is 419 g/mol. The Morgan fingerprint density at radius 3 is 2.39 bits per heavy atom. The van der Waals surface area contributed by atoms with E-state index in [9.17, 15) is 4.79 Å². The fraction of sp³-hybridized carbons (Fsp3) is 0.417. The molecule has 7 nitrogen and oxygen atoms in total. The molecule has 31 heavy (non-hydrogen) atoms. The van der Waals surface area contributed by atoms with Crippen molar-refractivity contribution in [3.05, 3.63) is 58.7 Å². The number of rotatable bonds is 5. The van der Waals surface area contributed by atoms with Crippen LogP contribution in [0.5, 0.6) is 0 Å². The number of amides is 1. The summed E-state index contributed by atoms with van der Waals surface area (Å²) in [5, 5.41) is 7.60. The van der Waals surface area contributed by atoms with Gasteiger partial charge in [0.1, 0.15) is 0 Å². The van der Waals surface area contributed by atoms with Crippen molar-refractivity contribution >= 4 is 17.3 Å². The summed E-state index contributed by atoms with van der Waals surface area (Å²) in [5.41, 5.74) is 6.40. The lowest BCUT2D eigenvalue weighted by atomic mass is 10.1. The lowest BCUT2D eigenvalue weighted by molar-refractivity contribution is -0.115. The molecule has 0 saturated carbocycles. The van der Waals surface area contributed by atoms with E-state index in [2.05, 4.69) is 44.3 Å². The molecular weight excluding hydrogens is 388 g/mol. The third-order valence-corrected chi connectivity index (χ3v) is 5.88. The molecule has 1 aromatic carbocycles. The molecule has 1 aliphatic heterocycles. The van der Waals surface area contributed by atoms with Crippen molar-refractivity contribution in [2.45, 2.75) is 47.5 Å². The van der Waals surface area contributed by atoms with E-state index in [-0.39, 0.29) is 12.3 Å². The van der Waals surface area contributed by atoms with Gasteiger partial charge in [0.2, 0.25) is 5.91 Å². The molecule has 1 fully saturated rings. The van der Waals surface area contributed by atoms with Gasteiger partial charge in [-0.1, -0.05) is 6.92 Å². The van der Waals surface area contributed by atoms with E-state index in [1.807, 2.05) is 45.9 Å². The van der Waals surface area contributed by atoms with Gasteiger partial charge < -0.3 is 10.2 Å². The van der Waals surface area contributed by atoms with Crippen LogP contribution in [0.3, 0.4) is 0 Å². The van der Waals surface area contributed by atoms with Gasteiger partial charge >= 0.3 is 0 Å². The van der Waals surface area contributed by atoms with Crippen LogP contribution in [0.25, 0.3) is 5.95 Å². The molecule has 1 unspecified atom stereocenters. The molecule has 7 heteroatoms. The zero-order valence-corrected chi connectivity index (χ0v) is 18.9. The first kappa shape index (κ1) is 21.0. The Balaban J connectivity index is 1.46. The highest BCUT2D eigenvalue weighted by Gasteiger charge is 2.20. The fourth-order valence-corrected chi connectivity index (χ4v) is 4.22. The minimum absolute atomic E-state index is 0.0605. The van der Waals surface area contributed by atoms with Gasteiger partial charge in [-0.3, -0.25) is 4.79 Å². The maximum absolute atomic E-state index is 12.7. The molecule has 3 aromatic rings. The SMILES string of the molecule is Cc1cc(C)nc(-n2nc(C)c(CC(=O)Nc3ccc(N4CCC(C)C4)cc3)c2C)n1. The lowest BCUT2D eigenvalue weighted by Crippen LogP contribution is -2.19. The van der Waals surface area contributed by atoms with Crippen LogP contribution >= 0.6 is 0 Å². The topological polar surface area (TPSA) is 75.9 Å². The summed E-state index contributed by atoms with van der Waals surface area (Å²) in [6.07, 6.45) is 1.49. The molecule has 1 saturated heterocycles. The number of nitrogens with zero attached hydrogens (tertiary/aromatic N) is 5. The second-order valence-corrected chi connectivity index (χ2v) is 8.62. The lowest BCUT2D eigenvalue weighted by Gasteiger charge is -2.18. The van der Waals surface area contributed by atoms with Crippen LogP contribution in [0.15, 0.2) is 30.3 Å². The Labute approximate surface area is 183 Å². The largest absolute Gasteiger partial charge is 0.371 e. The number of hydrogen-bond donors (Lipinski definition) is 1. The highest BCUT2D eigenvalue weighted by atomic mass is 16.1. The van der Waals surface area contributed by atoms with Crippen molar-refractivity contribution in [3.63, 3.8) is 0 Å². The Hall–Kier alpha value is -3.22. The van der Waals surface area contributed by atoms with Gasteiger partial charge in [0.25, 0.3) is 5.95 Å². The zero-order chi connectivity index (χ0) is 22.1. The van der Waals surface area contributed by atoms with E-state index in [0.29, 0.717) is 5.95 Å². The average Bonchev–Trinajstić information content (AvgIpc) is 3.26. The number of aromatic nitrogens is 4. The van der Waals surface area contributed by atoms with Crippen molar-refractivity contribution in [2.75, 3.05) is 23.3 Å². The third kappa shape index (κ3) is 4.60. The third-order valence-electron chi connectivity index (χ3n) is 5.88. The van der Waals surface area contributed by atoms with Crippen LogP contribution in [0.2, 0.25) is 0 Å². The summed E-state index contributed by atoms with van der Waals surface area (Å²) in [6.45, 7) is 12.2. The van der Waals surface area contributed by atoms with Crippen LogP contribution in [-0.2, 0) is 11.2 Å². The molecule has 1 atom stereocenters. The number of aryl methyl sites for hydroxylation is 3. The van der Waals surface area contributed by atoms with E-state index >= 15 is 0 Å². The first-order valence-corrected chi connectivity index (χ1v) is 10.8. The second kappa shape index (κ2) is 8.49. The Morgan fingerprint density at radius 1 is 1.10 bits per heavy atom. The Bertz CT molecular complexity index is 1080. The predicted molar refractivity (Wildman–Crippen MR) is 123 cm³/mol. The van der Waals surface area contributed by atoms with E-state index in [0.717, 1.165) is 53.0 Å². The van der Waals surface area contributed by atoms with Crippen LogP contribution in [0.4, 0.5) is 11.4 Å². The molecule has 0 spiro atoms. The Morgan fingerprint density at radius 2 is 1.77 bits per heavy atom. The van der Waals surface area contributed by atoms with Crippen molar-refractivity contribution in [3.8, 4) is 5.95 Å². The first-order valence-electron chi connectivity index (χ1n) is 10.8. The zero-order valence-electron chi connectivity index (χ0n) is 18.9. The fourth-order valence-electron chi connectivity index (χ4n) is 4.22. The standard InChI is InChI=1S/C24H30N6O/c1-15-10-11-29(14-15)21-8-6-20(7-9-21)27-23(31)13-22-18(4)28-30(19(22)5)24-25-16(2)12-17(3)26-24/h6-9,12,15H,10-11,13-14H2,1-5H3,(H,27,31). The van der Waals surface area contributed by atoms with Gasteiger partial charge in [-0.15, -0.1) is 0 Å². The molecular formula is C24H30N6O. The van der Waals surface area contributed by atoms with Crippen LogP contribution in [0.1, 0.15) is 41.7 Å². The minimum Gasteiger partial charge on any atom is -0.371 e. The Kier molecular flexibility index (Phi) is 5.76. The molecule has 3 heterocycles. The molecule has 0 bridgehead atoms. The van der Waals surface area contributed by atoms with Crippen LogP contribution < -0.4 is 10.2 Å². The summed E-state index contributed by atoms with van der Waals surface area (Å²) < 4.78 is 1.73. The van der Waals surface area contributed by atoms with E-state index in [1.54, 1.807) is 4.68 Å². The first-order chi connectivity index (χ1) is 14.8. The van der Waals surface area contributed by atoms with Gasteiger partial charge in [-0.2, -0.15) is 5.10 Å². The number of nitrogens with one attached hydrogen (secondary N) is 1. The summed E-state index contributed by atoms with van der Waals surface area (Å²) in [4.78, 5) is 24.1. The van der Waals surface area contributed by atoms with Gasteiger partial charge in [0.05, 0.1) is 12.1 Å². The van der Waals surface area contributed by atoms with E-state index < -0.39 is 0 Å². The van der Waals surface area contributed by atoms with Crippen molar-refractivity contribution in [2.24, 2.45) is 5.92 Å². The summed E-state index contributed by atoms with van der Waals surface area (Å²) >= 11 is 0. The predicted octanol–water partition coefficient (Wildman–Crippen LogP) is 3.92. The van der Waals surface area contributed by atoms with Gasteiger partial charge in [0, 0.05) is 47.1 Å². The molecule has 162 valence electrons. The maximum atomic E-state index is 12.7. The van der Waals surface area contributed by atoms with Crippen LogP contribution in [0, 0.1) is 33.6 Å². The molecule has 1 amide bonds. The maximum Gasteiger partial charge on any atom is 0.251 e. The second-order valence-electron chi connectivity index (χ2n) is 8.62. The molecule has 4 rings (SSSR count). The minimum atomic E-state index is -0.0605. The molecule has 2 aromatic heterocycles. The quantitative estimate of drug-likeness (QED) is 0.680. The highest BCUT2D eigenvalue weighted by Crippen LogP contribution is 2.25. The van der Waals surface area contributed by atoms with Crippen molar-refractivity contribution in [1.82, 2.24) is 19.7 Å². The summed E-state index contributed by atoms with van der Waals surface area (Å²) in [5.74, 6) is 1.21. The molecule has 0 aliphatic carbocycles. The number of carbonyl (C=O) groups is 1.